The molecule has 5 heteroatoms. The van der Waals surface area contributed by atoms with E-state index >= 15 is 0 Å². The summed E-state index contributed by atoms with van der Waals surface area (Å²) in [5, 5.41) is 12.1. The van der Waals surface area contributed by atoms with Crippen molar-refractivity contribution in [2.24, 2.45) is 0 Å². The number of ether oxygens (including phenoxy) is 1. The average molecular weight is 377 g/mol. The highest BCUT2D eigenvalue weighted by atomic mass is 16.5. The molecule has 0 bridgehead atoms. The van der Waals surface area contributed by atoms with E-state index in [1.807, 2.05) is 69.0 Å². The molecule has 0 aliphatic rings. The van der Waals surface area contributed by atoms with Gasteiger partial charge in [0.2, 0.25) is 5.91 Å². The number of anilines is 2. The molecule has 2 aromatic rings. The third kappa shape index (κ3) is 6.81. The van der Waals surface area contributed by atoms with Gasteiger partial charge in [0, 0.05) is 17.9 Å². The van der Waals surface area contributed by atoms with Crippen LogP contribution in [-0.2, 0) is 4.79 Å². The molecule has 5 nitrogen and oxygen atoms in total. The number of allylic oxidation sites excluding steroid dienone is 1. The van der Waals surface area contributed by atoms with Gasteiger partial charge >= 0.3 is 0 Å². The third-order valence-corrected chi connectivity index (χ3v) is 3.90. The molecule has 0 spiro atoms. The van der Waals surface area contributed by atoms with Crippen molar-refractivity contribution < 1.29 is 9.53 Å². The standard InChI is InChI=1S/C23H27N3O2/c1-17(2)12-13-26(21-7-5-6-19(14-21)15-24)16-23(27)25-20-8-10-22(11-9-20)28-18(3)4/h5-12,14,18H,13,16H2,1-4H3,(H,25,27). The molecule has 0 radical (unpaired) electrons. The Kier molecular flexibility index (Phi) is 7.65. The van der Waals surface area contributed by atoms with Crippen molar-refractivity contribution in [3.63, 3.8) is 0 Å². The Morgan fingerprint density at radius 2 is 1.93 bits per heavy atom. The highest BCUT2D eigenvalue weighted by Gasteiger charge is 2.12. The molecule has 28 heavy (non-hydrogen) atoms. The van der Waals surface area contributed by atoms with E-state index in [4.69, 9.17) is 10.00 Å². The first-order chi connectivity index (χ1) is 13.4. The molecule has 1 N–H and O–H groups in total. The molecule has 0 unspecified atom stereocenters. The molecular weight excluding hydrogens is 350 g/mol. The van der Waals surface area contributed by atoms with Crippen molar-refractivity contribution in [2.75, 3.05) is 23.3 Å². The van der Waals surface area contributed by atoms with Gasteiger partial charge in [-0.1, -0.05) is 17.7 Å². The summed E-state index contributed by atoms with van der Waals surface area (Å²) >= 11 is 0. The summed E-state index contributed by atoms with van der Waals surface area (Å²) in [4.78, 5) is 14.5. The molecule has 146 valence electrons. The number of benzene rings is 2. The van der Waals surface area contributed by atoms with Crippen LogP contribution in [0, 0.1) is 11.3 Å². The van der Waals surface area contributed by atoms with Crippen LogP contribution in [0.1, 0.15) is 33.3 Å². The Hall–Kier alpha value is -3.26. The van der Waals surface area contributed by atoms with Crippen molar-refractivity contribution in [3.05, 3.63) is 65.7 Å². The number of hydrogen-bond donors (Lipinski definition) is 1. The largest absolute Gasteiger partial charge is 0.491 e. The van der Waals surface area contributed by atoms with Gasteiger partial charge in [-0.05, 0) is 70.2 Å². The van der Waals surface area contributed by atoms with Crippen LogP contribution in [0.3, 0.4) is 0 Å². The fraction of sp³-hybridized carbons (Fsp3) is 0.304. The predicted octanol–water partition coefficient (Wildman–Crippen LogP) is 4.76. The van der Waals surface area contributed by atoms with E-state index < -0.39 is 0 Å². The van der Waals surface area contributed by atoms with Crippen molar-refractivity contribution in [3.8, 4) is 11.8 Å². The van der Waals surface area contributed by atoms with Crippen LogP contribution in [0.5, 0.6) is 5.75 Å². The fourth-order valence-electron chi connectivity index (χ4n) is 2.59. The Morgan fingerprint density at radius 3 is 2.54 bits per heavy atom. The lowest BCUT2D eigenvalue weighted by Gasteiger charge is -2.23. The van der Waals surface area contributed by atoms with E-state index in [1.54, 1.807) is 12.1 Å². The monoisotopic (exact) mass is 377 g/mol. The van der Waals surface area contributed by atoms with E-state index in [-0.39, 0.29) is 18.6 Å². The lowest BCUT2D eigenvalue weighted by atomic mass is 10.2. The van der Waals surface area contributed by atoms with Crippen LogP contribution in [0.15, 0.2) is 60.2 Å². The van der Waals surface area contributed by atoms with Gasteiger partial charge in [-0.2, -0.15) is 5.26 Å². The van der Waals surface area contributed by atoms with Crippen molar-refractivity contribution in [1.29, 1.82) is 5.26 Å². The smallest absolute Gasteiger partial charge is 0.243 e. The second-order valence-electron chi connectivity index (χ2n) is 7.06. The summed E-state index contributed by atoms with van der Waals surface area (Å²) in [6.45, 7) is 8.75. The predicted molar refractivity (Wildman–Crippen MR) is 114 cm³/mol. The Bertz CT molecular complexity index is 860. The van der Waals surface area contributed by atoms with Gasteiger partial charge in [0.15, 0.2) is 0 Å². The second kappa shape index (κ2) is 10.2. The molecule has 1 amide bonds. The van der Waals surface area contributed by atoms with Gasteiger partial charge in [-0.25, -0.2) is 0 Å². The van der Waals surface area contributed by atoms with Crippen LogP contribution in [0.25, 0.3) is 0 Å². The lowest BCUT2D eigenvalue weighted by Crippen LogP contribution is -2.33. The first kappa shape index (κ1) is 21.0. The molecule has 0 saturated carbocycles. The van der Waals surface area contributed by atoms with Crippen molar-refractivity contribution in [2.45, 2.75) is 33.8 Å². The van der Waals surface area contributed by atoms with Gasteiger partial charge in [0.1, 0.15) is 5.75 Å². The van der Waals surface area contributed by atoms with Crippen LogP contribution < -0.4 is 15.0 Å². The molecule has 0 aliphatic carbocycles. The van der Waals surface area contributed by atoms with E-state index in [1.165, 1.54) is 5.57 Å². The number of nitrogens with zero attached hydrogens (tertiary/aromatic N) is 2. The summed E-state index contributed by atoms with van der Waals surface area (Å²) in [5.41, 5.74) is 3.30. The number of nitrogens with one attached hydrogen (secondary N) is 1. The Labute approximate surface area is 167 Å². The normalized spacial score (nSPS) is 10.1. The molecule has 2 rings (SSSR count). The number of rotatable bonds is 8. The average Bonchev–Trinajstić information content (AvgIpc) is 2.66. The molecule has 0 saturated heterocycles. The summed E-state index contributed by atoms with van der Waals surface area (Å²) in [6.07, 6.45) is 2.16. The zero-order valence-electron chi connectivity index (χ0n) is 16.9. The highest BCUT2D eigenvalue weighted by molar-refractivity contribution is 5.94. The maximum atomic E-state index is 12.6. The highest BCUT2D eigenvalue weighted by Crippen LogP contribution is 2.19. The fourth-order valence-corrected chi connectivity index (χ4v) is 2.59. The number of nitriles is 1. The van der Waals surface area contributed by atoms with Crippen LogP contribution >= 0.6 is 0 Å². The summed E-state index contributed by atoms with van der Waals surface area (Å²) in [6, 6.07) is 16.8. The molecule has 0 fully saturated rings. The topological polar surface area (TPSA) is 65.4 Å². The molecule has 2 aromatic carbocycles. The van der Waals surface area contributed by atoms with Gasteiger partial charge in [-0.15, -0.1) is 0 Å². The summed E-state index contributed by atoms with van der Waals surface area (Å²) < 4.78 is 5.62. The van der Waals surface area contributed by atoms with E-state index in [9.17, 15) is 4.79 Å². The minimum absolute atomic E-state index is 0.105. The van der Waals surface area contributed by atoms with Gasteiger partial charge in [-0.3, -0.25) is 4.79 Å². The summed E-state index contributed by atoms with van der Waals surface area (Å²) in [7, 11) is 0. The maximum absolute atomic E-state index is 12.6. The Balaban J connectivity index is 2.09. The zero-order valence-corrected chi connectivity index (χ0v) is 16.9. The lowest BCUT2D eigenvalue weighted by molar-refractivity contribution is -0.115. The molecule has 0 heterocycles. The number of amides is 1. The molecule has 0 aliphatic heterocycles. The molecule has 0 atom stereocenters. The van der Waals surface area contributed by atoms with Crippen LogP contribution in [0.2, 0.25) is 0 Å². The van der Waals surface area contributed by atoms with Gasteiger partial charge in [0.05, 0.1) is 24.3 Å². The zero-order chi connectivity index (χ0) is 20.5. The molecular formula is C23H27N3O2. The first-order valence-electron chi connectivity index (χ1n) is 9.32. The number of hydrogen-bond acceptors (Lipinski definition) is 4. The van der Waals surface area contributed by atoms with E-state index in [0.29, 0.717) is 17.8 Å². The van der Waals surface area contributed by atoms with Crippen molar-refractivity contribution >= 4 is 17.3 Å². The van der Waals surface area contributed by atoms with Gasteiger partial charge in [0.25, 0.3) is 0 Å². The SMILES string of the molecule is CC(C)=CCN(CC(=O)Nc1ccc(OC(C)C)cc1)c1cccc(C#N)c1. The number of carbonyl (C=O) groups excluding carboxylic acids is 1. The quantitative estimate of drug-likeness (QED) is 0.674. The van der Waals surface area contributed by atoms with Crippen LogP contribution in [-0.4, -0.2) is 25.1 Å². The summed E-state index contributed by atoms with van der Waals surface area (Å²) in [5.74, 6) is 0.647. The Morgan fingerprint density at radius 1 is 1.21 bits per heavy atom. The first-order valence-corrected chi connectivity index (χ1v) is 9.32. The number of carbonyl (C=O) groups is 1. The van der Waals surface area contributed by atoms with E-state index in [2.05, 4.69) is 17.5 Å². The van der Waals surface area contributed by atoms with Crippen molar-refractivity contribution in [1.82, 2.24) is 0 Å². The van der Waals surface area contributed by atoms with Crippen LogP contribution in [0.4, 0.5) is 11.4 Å². The molecule has 0 aromatic heterocycles. The maximum Gasteiger partial charge on any atom is 0.243 e. The third-order valence-electron chi connectivity index (χ3n) is 3.90. The van der Waals surface area contributed by atoms with E-state index in [0.717, 1.165) is 11.4 Å². The minimum atomic E-state index is -0.123. The van der Waals surface area contributed by atoms with Gasteiger partial charge < -0.3 is 15.0 Å². The second-order valence-corrected chi connectivity index (χ2v) is 7.06. The minimum Gasteiger partial charge on any atom is -0.491 e.